The molecule has 0 unspecified atom stereocenters. The zero-order chi connectivity index (χ0) is 68.1. The number of rotatable bonds is 15. The molecule has 0 heterocycles. The Bertz CT molecular complexity index is 4410. The average Bonchev–Trinajstić information content (AvgIpc) is 0.783. The van der Waals surface area contributed by atoms with E-state index in [1.807, 2.05) is 0 Å². The van der Waals surface area contributed by atoms with E-state index >= 15 is 25.5 Å². The van der Waals surface area contributed by atoms with Crippen molar-refractivity contribution < 1.29 is 238 Å². The van der Waals surface area contributed by atoms with Crippen LogP contribution in [0.5, 0.6) is 28.7 Å². The second-order valence-electron chi connectivity index (χ2n) is 23.6. The standard InChI is InChI=1S/C70H60O20S5.5Na/c71-66-51-26-46(21-41-1-11-61(12-2-41)91(76,77)78)27-52(66)37-54-29-48(23-43-5-15-63(16-6-43)93(82,83)84)31-56(68(54)73)39-58-33-50(25-45-9-19-65(20-10-45)95(88,89)90)35-60(70(58)75)40-59-34-49(24-44-7-17-64(18-8-44)94(85,86)87)32-57(69(59)74)38-55-30-47(28-53(36-51)67(55)72)22-42-3-13-62(14-4-42)92(79,80)81;;;;;/h1-20,26-35,71-75H,21-25,36-40H2,(H,76,77,78)(H,79,80,81)(H,82,83,84)(H,85,86,87)(H,88,89,90);;;;;/q;5*+1/p-5. The SMILES string of the molecule is O=S(=O)(O)c1ccc(Cc2cc3c([O-])c(c2)Cc2cc(Cc4ccc(S(=O)(=O)O)cc4)cc(c2[O-])Cc2cc(Cc4ccc(S(=O)(=O)O)cc4)cc(c2[O-])Cc2cc(Cc4ccc(S(=O)(=O)O)cc4)cc(c2[O-])Cc2cc(Cc4ccc(S(=O)(=O)O)cc4)cc(c2[O-])C3)cc1.[Na+].[Na+].[Na+].[Na+].[Na+]. The Morgan fingerprint density at radius 3 is 0.420 bits per heavy atom. The van der Waals surface area contributed by atoms with E-state index in [0.717, 1.165) is 0 Å². The molecule has 11 rings (SSSR count). The van der Waals surface area contributed by atoms with E-state index in [4.69, 9.17) is 0 Å². The summed E-state index contributed by atoms with van der Waals surface area (Å²) in [4.78, 5) is -1.92. The van der Waals surface area contributed by atoms with Gasteiger partial charge in [-0.05, 0) is 181 Å². The van der Waals surface area contributed by atoms with E-state index in [0.29, 0.717) is 55.6 Å². The van der Waals surface area contributed by atoms with Gasteiger partial charge in [-0.2, -0.15) is 42.1 Å². The minimum atomic E-state index is -4.60. The largest absolute Gasteiger partial charge is 1.00 e. The fraction of sp³-hybridized carbons (Fsp3) is 0.143. The molecular weight excluding hydrogens is 1440 g/mol. The molecule has 0 fully saturated rings. The monoisotopic (exact) mass is 1490 g/mol. The molecular formula is C70H55Na5O20S5. The van der Waals surface area contributed by atoms with Crippen LogP contribution in [0.3, 0.4) is 0 Å². The van der Waals surface area contributed by atoms with E-state index in [1.54, 1.807) is 60.7 Å². The second-order valence-corrected chi connectivity index (χ2v) is 30.7. The van der Waals surface area contributed by atoms with Gasteiger partial charge in [0.1, 0.15) is 0 Å². The van der Waals surface area contributed by atoms with Crippen LogP contribution in [0.25, 0.3) is 0 Å². The smallest absolute Gasteiger partial charge is 0.872 e. The van der Waals surface area contributed by atoms with Gasteiger partial charge in [0, 0.05) is 0 Å². The average molecular weight is 1490 g/mol. The van der Waals surface area contributed by atoms with Crippen LogP contribution in [0.15, 0.2) is 206 Å². The fourth-order valence-corrected chi connectivity index (χ4v) is 14.5. The van der Waals surface area contributed by atoms with E-state index in [2.05, 4.69) is 0 Å². The summed E-state index contributed by atoms with van der Waals surface area (Å²) in [6.45, 7) is 0. The Morgan fingerprint density at radius 1 is 0.210 bits per heavy atom. The number of fused-ring (bicyclic) bond motifs is 10. The summed E-state index contributed by atoms with van der Waals surface area (Å²) in [6, 6.07) is 42.2. The summed E-state index contributed by atoms with van der Waals surface area (Å²) in [5.74, 6) is -2.93. The molecule has 0 saturated carbocycles. The molecule has 490 valence electrons. The first-order valence-electron chi connectivity index (χ1n) is 29.1. The van der Waals surface area contributed by atoms with Crippen molar-refractivity contribution in [1.82, 2.24) is 0 Å². The number of benzene rings is 10. The molecule has 1 aliphatic rings. The molecule has 0 saturated heterocycles. The molecule has 0 aliphatic heterocycles. The molecule has 0 atom stereocenters. The van der Waals surface area contributed by atoms with E-state index in [1.165, 1.54) is 121 Å². The molecule has 0 aromatic heterocycles. The van der Waals surface area contributed by atoms with E-state index in [-0.39, 0.29) is 292 Å². The van der Waals surface area contributed by atoms with E-state index in [9.17, 15) is 64.9 Å². The Balaban J connectivity index is 0.00000315. The van der Waals surface area contributed by atoms with Crippen LogP contribution in [-0.4, -0.2) is 64.9 Å². The van der Waals surface area contributed by atoms with Crippen LogP contribution in [0.1, 0.15) is 111 Å². The number of hydrogen-bond acceptors (Lipinski definition) is 15. The predicted octanol–water partition coefficient (Wildman–Crippen LogP) is -7.47. The van der Waals surface area contributed by atoms with Gasteiger partial charge in [0.2, 0.25) is 0 Å². The maximum absolute atomic E-state index is 15.3. The fourth-order valence-electron chi connectivity index (χ4n) is 12.1. The summed E-state index contributed by atoms with van der Waals surface area (Å²) in [6.07, 6.45) is -1.45. The molecule has 5 N–H and O–H groups in total. The third-order valence-electron chi connectivity index (χ3n) is 16.6. The van der Waals surface area contributed by atoms with Crippen molar-refractivity contribution in [1.29, 1.82) is 0 Å². The third-order valence-corrected chi connectivity index (χ3v) is 20.9. The summed E-state index contributed by atoms with van der Waals surface area (Å²) >= 11 is 0. The predicted molar refractivity (Wildman–Crippen MR) is 339 cm³/mol. The summed E-state index contributed by atoms with van der Waals surface area (Å²) in [7, 11) is -23.0. The van der Waals surface area contributed by atoms with Crippen LogP contribution in [0, 0.1) is 0 Å². The van der Waals surface area contributed by atoms with Crippen LogP contribution < -0.4 is 173 Å². The first-order valence-corrected chi connectivity index (χ1v) is 36.3. The normalized spacial score (nSPS) is 12.4. The molecule has 100 heavy (non-hydrogen) atoms. The van der Waals surface area contributed by atoms with Gasteiger partial charge in [0.05, 0.1) is 24.5 Å². The van der Waals surface area contributed by atoms with Crippen molar-refractivity contribution in [3.63, 3.8) is 0 Å². The van der Waals surface area contributed by atoms with Gasteiger partial charge in [-0.1, -0.05) is 177 Å². The van der Waals surface area contributed by atoms with Gasteiger partial charge >= 0.3 is 148 Å². The van der Waals surface area contributed by atoms with Crippen LogP contribution in [0.2, 0.25) is 0 Å². The number of hydrogen-bond donors (Lipinski definition) is 5. The molecule has 20 nitrogen and oxygen atoms in total. The van der Waals surface area contributed by atoms with Gasteiger partial charge in [0.25, 0.3) is 50.6 Å². The second kappa shape index (κ2) is 34.3. The minimum Gasteiger partial charge on any atom is -0.872 e. The van der Waals surface area contributed by atoms with Gasteiger partial charge in [-0.25, -0.2) is 0 Å². The van der Waals surface area contributed by atoms with Crippen LogP contribution in [-0.2, 0) is 115 Å². The summed E-state index contributed by atoms with van der Waals surface area (Å²) < 4.78 is 169. The zero-order valence-corrected chi connectivity index (χ0v) is 68.9. The quantitative estimate of drug-likeness (QED) is 0.0470. The molecule has 10 aromatic rings. The molecule has 30 heteroatoms. The van der Waals surface area contributed by atoms with Gasteiger partial charge < -0.3 is 25.5 Å². The van der Waals surface area contributed by atoms with Crippen molar-refractivity contribution in [2.24, 2.45) is 0 Å². The summed E-state index contributed by atoms with van der Waals surface area (Å²) in [5.41, 5.74) is 5.64. The van der Waals surface area contributed by atoms with E-state index < -0.39 is 79.3 Å². The molecule has 0 amide bonds. The van der Waals surface area contributed by atoms with Crippen molar-refractivity contribution >= 4 is 50.6 Å². The Kier molecular flexibility index (Phi) is 29.1. The molecule has 10 bridgehead atoms. The first-order chi connectivity index (χ1) is 44.7. The third kappa shape index (κ3) is 21.0. The Labute approximate surface area is 690 Å². The van der Waals surface area contributed by atoms with Crippen molar-refractivity contribution in [3.8, 4) is 28.7 Å². The molecule has 0 radical (unpaired) electrons. The first kappa shape index (κ1) is 84.7. The Morgan fingerprint density at radius 2 is 0.320 bits per heavy atom. The van der Waals surface area contributed by atoms with Gasteiger partial charge in [-0.3, -0.25) is 22.8 Å². The topological polar surface area (TPSA) is 387 Å². The molecule has 0 spiro atoms. The maximum atomic E-state index is 15.3. The van der Waals surface area contributed by atoms with Crippen LogP contribution in [0.4, 0.5) is 0 Å². The Hall–Kier alpha value is -4.25. The van der Waals surface area contributed by atoms with Crippen molar-refractivity contribution in [3.05, 3.63) is 293 Å². The summed E-state index contributed by atoms with van der Waals surface area (Å²) in [5, 5.41) is 76.6. The van der Waals surface area contributed by atoms with Gasteiger partial charge in [0.15, 0.2) is 0 Å². The van der Waals surface area contributed by atoms with Crippen molar-refractivity contribution in [2.45, 2.75) is 88.7 Å². The van der Waals surface area contributed by atoms with Crippen molar-refractivity contribution in [2.75, 3.05) is 0 Å². The maximum Gasteiger partial charge on any atom is 1.00 e. The molecule has 10 aromatic carbocycles. The molecule has 1 aliphatic carbocycles. The minimum absolute atomic E-state index is 0. The zero-order valence-electron chi connectivity index (χ0n) is 54.8. The van der Waals surface area contributed by atoms with Gasteiger partial charge in [-0.15, -0.1) is 28.7 Å². The van der Waals surface area contributed by atoms with Crippen LogP contribution >= 0.6 is 0 Å².